The molecule has 0 fully saturated rings. The lowest BCUT2D eigenvalue weighted by molar-refractivity contribution is 1.17. The Morgan fingerprint density at radius 1 is 1.33 bits per heavy atom. The monoisotopic (exact) mass is 279 g/mol. The van der Waals surface area contributed by atoms with Gasteiger partial charge in [-0.25, -0.2) is 9.97 Å². The zero-order valence-electron chi connectivity index (χ0n) is 12.5. The lowest BCUT2D eigenvalue weighted by atomic mass is 10.1. The average Bonchev–Trinajstić information content (AvgIpc) is 2.46. The van der Waals surface area contributed by atoms with Gasteiger partial charge in [0.1, 0.15) is 18.0 Å². The SMILES string of the molecule is B/N=C/c1c(N)ncnc1Nc1ccc(C)c(/C=C\C)c1. The fourth-order valence-electron chi connectivity index (χ4n) is 1.98. The average molecular weight is 279 g/mol. The van der Waals surface area contributed by atoms with Gasteiger partial charge in [-0.15, -0.1) is 0 Å². The number of hydrogen-bond acceptors (Lipinski definition) is 5. The summed E-state index contributed by atoms with van der Waals surface area (Å²) in [5.74, 6) is 1.04. The first-order valence-electron chi connectivity index (χ1n) is 6.68. The van der Waals surface area contributed by atoms with Crippen LogP contribution in [0.5, 0.6) is 0 Å². The minimum atomic E-state index is 0.402. The highest BCUT2D eigenvalue weighted by Crippen LogP contribution is 2.23. The minimum absolute atomic E-state index is 0.402. The fraction of sp³-hybridized carbons (Fsp3) is 0.133. The summed E-state index contributed by atoms with van der Waals surface area (Å²) in [5.41, 5.74) is 9.88. The number of allylic oxidation sites excluding steroid dienone is 1. The smallest absolute Gasteiger partial charge is 0.244 e. The Kier molecular flexibility index (Phi) is 4.71. The molecule has 0 radical (unpaired) electrons. The normalized spacial score (nSPS) is 11.3. The highest BCUT2D eigenvalue weighted by atomic mass is 15.0. The molecule has 0 aliphatic heterocycles. The van der Waals surface area contributed by atoms with E-state index in [-0.39, 0.29) is 0 Å². The molecule has 1 aromatic heterocycles. The Morgan fingerprint density at radius 2 is 2.14 bits per heavy atom. The number of aryl methyl sites for hydroxylation is 1. The summed E-state index contributed by atoms with van der Waals surface area (Å²) in [4.78, 5) is 12.2. The molecular formula is C15H18BN5. The van der Waals surface area contributed by atoms with Gasteiger partial charge in [-0.1, -0.05) is 18.2 Å². The highest BCUT2D eigenvalue weighted by Gasteiger charge is 2.07. The van der Waals surface area contributed by atoms with E-state index in [1.54, 1.807) is 14.2 Å². The molecule has 2 rings (SSSR count). The van der Waals surface area contributed by atoms with Crippen LogP contribution in [0.2, 0.25) is 0 Å². The van der Waals surface area contributed by atoms with Crippen molar-refractivity contribution in [3.8, 4) is 0 Å². The van der Waals surface area contributed by atoms with Gasteiger partial charge in [-0.3, -0.25) is 0 Å². The molecule has 2 aromatic rings. The van der Waals surface area contributed by atoms with Crippen molar-refractivity contribution in [1.29, 1.82) is 0 Å². The molecule has 21 heavy (non-hydrogen) atoms. The predicted octanol–water partition coefficient (Wildman–Crippen LogP) is 2.11. The van der Waals surface area contributed by atoms with Gasteiger partial charge in [0.25, 0.3) is 0 Å². The van der Waals surface area contributed by atoms with Crippen molar-refractivity contribution in [2.24, 2.45) is 4.90 Å². The molecule has 0 atom stereocenters. The fourth-order valence-corrected chi connectivity index (χ4v) is 1.98. The van der Waals surface area contributed by atoms with E-state index in [1.807, 2.05) is 19.1 Å². The summed E-state index contributed by atoms with van der Waals surface area (Å²) in [6.07, 6.45) is 7.18. The summed E-state index contributed by atoms with van der Waals surface area (Å²) < 4.78 is 0. The van der Waals surface area contributed by atoms with E-state index in [0.717, 1.165) is 11.3 Å². The maximum absolute atomic E-state index is 5.87. The third-order valence-electron chi connectivity index (χ3n) is 3.06. The van der Waals surface area contributed by atoms with E-state index in [2.05, 4.69) is 45.3 Å². The van der Waals surface area contributed by atoms with Crippen LogP contribution >= 0.6 is 0 Å². The Labute approximate surface area is 125 Å². The molecule has 0 bridgehead atoms. The van der Waals surface area contributed by atoms with Crippen molar-refractivity contribution in [2.45, 2.75) is 13.8 Å². The number of rotatable bonds is 4. The van der Waals surface area contributed by atoms with Gasteiger partial charge >= 0.3 is 0 Å². The van der Waals surface area contributed by atoms with Crippen LogP contribution in [0.4, 0.5) is 17.3 Å². The first-order chi connectivity index (χ1) is 10.2. The number of anilines is 3. The van der Waals surface area contributed by atoms with Gasteiger partial charge in [0.15, 0.2) is 0 Å². The van der Waals surface area contributed by atoms with Gasteiger partial charge in [0, 0.05) is 11.9 Å². The molecule has 6 heteroatoms. The van der Waals surface area contributed by atoms with E-state index in [1.165, 1.54) is 11.9 Å². The van der Waals surface area contributed by atoms with Crippen molar-refractivity contribution in [2.75, 3.05) is 11.1 Å². The van der Waals surface area contributed by atoms with E-state index in [0.29, 0.717) is 17.2 Å². The largest absolute Gasteiger partial charge is 0.383 e. The van der Waals surface area contributed by atoms with E-state index in [4.69, 9.17) is 5.73 Å². The Bertz CT molecular complexity index is 694. The van der Waals surface area contributed by atoms with E-state index >= 15 is 0 Å². The van der Waals surface area contributed by atoms with Crippen LogP contribution in [0.15, 0.2) is 35.5 Å². The number of nitrogens with one attached hydrogen (secondary N) is 1. The van der Waals surface area contributed by atoms with Gasteiger partial charge in [0.2, 0.25) is 7.98 Å². The topological polar surface area (TPSA) is 76.2 Å². The molecule has 0 spiro atoms. The Morgan fingerprint density at radius 3 is 2.86 bits per heavy atom. The molecule has 0 unspecified atom stereocenters. The zero-order valence-corrected chi connectivity index (χ0v) is 12.5. The highest BCUT2D eigenvalue weighted by molar-refractivity contribution is 6.12. The van der Waals surface area contributed by atoms with Crippen LogP contribution in [-0.4, -0.2) is 24.2 Å². The summed E-state index contributed by atoms with van der Waals surface area (Å²) in [6.45, 7) is 4.08. The second kappa shape index (κ2) is 6.70. The number of nitrogens with zero attached hydrogens (tertiary/aromatic N) is 3. The molecule has 1 heterocycles. The van der Waals surface area contributed by atoms with Crippen molar-refractivity contribution < 1.29 is 0 Å². The van der Waals surface area contributed by atoms with Crippen LogP contribution in [0, 0.1) is 6.92 Å². The van der Waals surface area contributed by atoms with Crippen molar-refractivity contribution >= 4 is 37.6 Å². The summed E-state index contributed by atoms with van der Waals surface area (Å²) >= 11 is 0. The van der Waals surface area contributed by atoms with Crippen LogP contribution in [0.1, 0.15) is 23.6 Å². The van der Waals surface area contributed by atoms with Gasteiger partial charge < -0.3 is 16.0 Å². The second-order valence-electron chi connectivity index (χ2n) is 4.60. The first kappa shape index (κ1) is 14.8. The van der Waals surface area contributed by atoms with Crippen LogP contribution in [-0.2, 0) is 0 Å². The predicted molar refractivity (Wildman–Crippen MR) is 91.8 cm³/mol. The van der Waals surface area contributed by atoms with Crippen molar-refractivity contribution in [1.82, 2.24) is 9.97 Å². The molecule has 5 nitrogen and oxygen atoms in total. The first-order valence-corrected chi connectivity index (χ1v) is 6.68. The number of benzene rings is 1. The third kappa shape index (κ3) is 3.48. The second-order valence-corrected chi connectivity index (χ2v) is 4.60. The molecule has 0 saturated heterocycles. The Hall–Kier alpha value is -2.63. The Balaban J connectivity index is 2.39. The molecule has 0 aliphatic carbocycles. The van der Waals surface area contributed by atoms with Gasteiger partial charge in [-0.2, -0.15) is 0 Å². The summed E-state index contributed by atoms with van der Waals surface area (Å²) in [6, 6.07) is 6.14. The molecule has 3 N–H and O–H groups in total. The molecule has 0 saturated carbocycles. The van der Waals surface area contributed by atoms with E-state index < -0.39 is 0 Å². The lowest BCUT2D eigenvalue weighted by Gasteiger charge is -2.11. The zero-order chi connectivity index (χ0) is 15.2. The van der Waals surface area contributed by atoms with Crippen molar-refractivity contribution in [3.05, 3.63) is 47.3 Å². The van der Waals surface area contributed by atoms with E-state index in [9.17, 15) is 0 Å². The number of hydrogen-bond donors (Lipinski definition) is 2. The quantitative estimate of drug-likeness (QED) is 0.664. The maximum atomic E-state index is 5.87. The maximum Gasteiger partial charge on any atom is 0.244 e. The molecule has 0 aliphatic rings. The summed E-state index contributed by atoms with van der Waals surface area (Å²) in [7, 11) is 1.69. The number of nitrogen functional groups attached to an aromatic ring is 1. The van der Waals surface area contributed by atoms with Crippen LogP contribution in [0.3, 0.4) is 0 Å². The molecule has 106 valence electrons. The molecule has 1 aromatic carbocycles. The minimum Gasteiger partial charge on any atom is -0.383 e. The van der Waals surface area contributed by atoms with Gasteiger partial charge in [0.05, 0.1) is 5.56 Å². The molecular weight excluding hydrogens is 261 g/mol. The lowest BCUT2D eigenvalue weighted by Crippen LogP contribution is -2.05. The number of aromatic nitrogens is 2. The standard InChI is InChI=1S/C15H18BN5/c1-3-4-11-7-12(6-5-10(11)2)21-15-13(8-20-16)14(17)18-9-19-15/h3-9H,16H2,1-2H3,(H3,17,18,19,21)/b4-3-,20-8+. The van der Waals surface area contributed by atoms with Crippen molar-refractivity contribution in [3.63, 3.8) is 0 Å². The van der Waals surface area contributed by atoms with Crippen LogP contribution in [0.25, 0.3) is 6.08 Å². The van der Waals surface area contributed by atoms with Crippen LogP contribution < -0.4 is 11.1 Å². The third-order valence-corrected chi connectivity index (χ3v) is 3.06. The van der Waals surface area contributed by atoms with Gasteiger partial charge in [-0.05, 0) is 37.1 Å². The molecule has 0 amide bonds. The number of nitrogens with two attached hydrogens (primary N) is 1. The summed E-state index contributed by atoms with van der Waals surface area (Å²) in [5, 5.41) is 3.27.